The Morgan fingerprint density at radius 2 is 2.25 bits per heavy atom. The maximum Gasteiger partial charge on any atom is 0.244 e. The summed E-state index contributed by atoms with van der Waals surface area (Å²) >= 11 is 1.89. The average Bonchev–Trinajstić information content (AvgIpc) is 3.01. The summed E-state index contributed by atoms with van der Waals surface area (Å²) in [7, 11) is 1.66. The van der Waals surface area contributed by atoms with Crippen molar-refractivity contribution in [2.45, 2.75) is 18.5 Å². The minimum Gasteiger partial charge on any atom is -0.383 e. The zero-order valence-corrected chi connectivity index (χ0v) is 12.6. The molecule has 1 unspecified atom stereocenters. The summed E-state index contributed by atoms with van der Waals surface area (Å²) in [5.74, 6) is 2.11. The van der Waals surface area contributed by atoms with Crippen molar-refractivity contribution in [2.24, 2.45) is 5.73 Å². The van der Waals surface area contributed by atoms with Crippen LogP contribution in [-0.2, 0) is 9.53 Å². The molecule has 1 aromatic rings. The number of nitrogens with two attached hydrogens (primary N) is 1. The quantitative estimate of drug-likeness (QED) is 0.867. The van der Waals surface area contributed by atoms with Crippen LogP contribution in [0.25, 0.3) is 0 Å². The van der Waals surface area contributed by atoms with E-state index in [1.165, 1.54) is 0 Å². The van der Waals surface area contributed by atoms with Crippen LogP contribution in [0.2, 0.25) is 0 Å². The van der Waals surface area contributed by atoms with Gasteiger partial charge in [-0.3, -0.25) is 4.79 Å². The minimum absolute atomic E-state index is 0.000694. The van der Waals surface area contributed by atoms with Gasteiger partial charge in [0.2, 0.25) is 5.91 Å². The number of carbonyl (C=O) groups excluding carboxylic acids is 1. The molecule has 20 heavy (non-hydrogen) atoms. The molecule has 0 aromatic heterocycles. The van der Waals surface area contributed by atoms with Crippen LogP contribution in [-0.4, -0.2) is 48.6 Å². The second-order valence-electron chi connectivity index (χ2n) is 4.93. The summed E-state index contributed by atoms with van der Waals surface area (Å²) in [6, 6.07) is 9.26. The molecule has 5 heteroatoms. The van der Waals surface area contributed by atoms with Crippen molar-refractivity contribution in [1.82, 2.24) is 4.90 Å². The Kier molecular flexibility index (Phi) is 5.88. The van der Waals surface area contributed by atoms with Crippen molar-refractivity contribution < 1.29 is 9.53 Å². The van der Waals surface area contributed by atoms with Crippen LogP contribution in [0, 0.1) is 0 Å². The van der Waals surface area contributed by atoms with E-state index >= 15 is 0 Å². The molecule has 0 bridgehead atoms. The van der Waals surface area contributed by atoms with Crippen LogP contribution in [0.4, 0.5) is 0 Å². The Balaban J connectivity index is 2.08. The van der Waals surface area contributed by atoms with E-state index in [1.807, 2.05) is 47.0 Å². The summed E-state index contributed by atoms with van der Waals surface area (Å²) in [4.78, 5) is 14.6. The van der Waals surface area contributed by atoms with Crippen molar-refractivity contribution in [1.29, 1.82) is 0 Å². The van der Waals surface area contributed by atoms with Gasteiger partial charge in [-0.1, -0.05) is 30.3 Å². The molecule has 4 nitrogen and oxygen atoms in total. The molecular weight excluding hydrogens is 272 g/mol. The lowest BCUT2D eigenvalue weighted by Crippen LogP contribution is -2.46. The summed E-state index contributed by atoms with van der Waals surface area (Å²) in [6.45, 7) is 1.16. The number of carbonyl (C=O) groups is 1. The first-order chi connectivity index (χ1) is 9.74. The predicted molar refractivity (Wildman–Crippen MR) is 82.7 cm³/mol. The minimum atomic E-state index is -0.585. The monoisotopic (exact) mass is 294 g/mol. The third kappa shape index (κ3) is 3.75. The summed E-state index contributed by atoms with van der Waals surface area (Å²) < 4.78 is 5.13. The number of amides is 1. The number of ether oxygens (including phenoxy) is 1. The summed E-state index contributed by atoms with van der Waals surface area (Å²) in [5.41, 5.74) is 7.01. The molecule has 1 saturated heterocycles. The maximum absolute atomic E-state index is 12.7. The Morgan fingerprint density at radius 3 is 2.85 bits per heavy atom. The molecule has 1 fully saturated rings. The van der Waals surface area contributed by atoms with Crippen molar-refractivity contribution in [3.63, 3.8) is 0 Å². The summed E-state index contributed by atoms with van der Waals surface area (Å²) in [6.07, 6.45) is 1.04. The van der Waals surface area contributed by atoms with Crippen molar-refractivity contribution >= 4 is 17.7 Å². The lowest BCUT2D eigenvalue weighted by molar-refractivity contribution is -0.135. The van der Waals surface area contributed by atoms with E-state index < -0.39 is 6.04 Å². The number of hydrogen-bond acceptors (Lipinski definition) is 4. The zero-order valence-electron chi connectivity index (χ0n) is 11.8. The van der Waals surface area contributed by atoms with Gasteiger partial charge >= 0.3 is 0 Å². The molecule has 1 heterocycles. The maximum atomic E-state index is 12.7. The summed E-state index contributed by atoms with van der Waals surface area (Å²) in [5, 5.41) is 0. The van der Waals surface area contributed by atoms with E-state index in [4.69, 9.17) is 10.5 Å². The van der Waals surface area contributed by atoms with Gasteiger partial charge in [0.05, 0.1) is 6.61 Å². The van der Waals surface area contributed by atoms with Gasteiger partial charge < -0.3 is 15.4 Å². The SMILES string of the molecule is COCCN(C(=O)[C@H](N)c1ccccc1)C1CCSC1. The van der Waals surface area contributed by atoms with Gasteiger partial charge in [-0.2, -0.15) is 11.8 Å². The van der Waals surface area contributed by atoms with Gasteiger partial charge in [-0.15, -0.1) is 0 Å². The van der Waals surface area contributed by atoms with E-state index in [0.717, 1.165) is 23.5 Å². The predicted octanol–water partition coefficient (Wildman–Crippen LogP) is 1.67. The van der Waals surface area contributed by atoms with Crippen molar-refractivity contribution in [2.75, 3.05) is 31.8 Å². The number of rotatable bonds is 6. The molecule has 2 N–H and O–H groups in total. The first-order valence-corrected chi connectivity index (χ1v) is 8.07. The van der Waals surface area contributed by atoms with Gasteiger partial charge in [0, 0.05) is 25.4 Å². The molecule has 0 aliphatic carbocycles. The fourth-order valence-corrected chi connectivity index (χ4v) is 3.64. The van der Waals surface area contributed by atoms with Gasteiger partial charge in [-0.25, -0.2) is 0 Å². The molecule has 0 saturated carbocycles. The second-order valence-corrected chi connectivity index (χ2v) is 6.08. The van der Waals surface area contributed by atoms with Crippen LogP contribution in [0.15, 0.2) is 30.3 Å². The smallest absolute Gasteiger partial charge is 0.244 e. The highest BCUT2D eigenvalue weighted by Gasteiger charge is 2.30. The van der Waals surface area contributed by atoms with Crippen LogP contribution in [0.1, 0.15) is 18.0 Å². The Hall–Kier alpha value is -1.04. The number of thioether (sulfide) groups is 1. The number of nitrogens with zero attached hydrogens (tertiary/aromatic N) is 1. The average molecular weight is 294 g/mol. The second kappa shape index (κ2) is 7.67. The van der Waals surface area contributed by atoms with Crippen LogP contribution in [0.5, 0.6) is 0 Å². The van der Waals surface area contributed by atoms with Gasteiger partial charge in [0.1, 0.15) is 6.04 Å². The van der Waals surface area contributed by atoms with Crippen LogP contribution < -0.4 is 5.73 Å². The van der Waals surface area contributed by atoms with E-state index in [2.05, 4.69) is 0 Å². The fourth-order valence-electron chi connectivity index (χ4n) is 2.41. The topological polar surface area (TPSA) is 55.6 Å². The molecule has 1 aliphatic heterocycles. The molecule has 1 aliphatic rings. The molecule has 1 aromatic carbocycles. The lowest BCUT2D eigenvalue weighted by Gasteiger charge is -2.30. The Labute approximate surface area is 124 Å². The molecule has 110 valence electrons. The molecule has 0 spiro atoms. The third-order valence-electron chi connectivity index (χ3n) is 3.59. The van der Waals surface area contributed by atoms with Crippen LogP contribution in [0.3, 0.4) is 0 Å². The van der Waals surface area contributed by atoms with Gasteiger partial charge in [0.15, 0.2) is 0 Å². The van der Waals surface area contributed by atoms with E-state index in [-0.39, 0.29) is 11.9 Å². The Bertz CT molecular complexity index is 421. The number of hydrogen-bond donors (Lipinski definition) is 1. The van der Waals surface area contributed by atoms with E-state index in [9.17, 15) is 4.79 Å². The van der Waals surface area contributed by atoms with E-state index in [1.54, 1.807) is 7.11 Å². The van der Waals surface area contributed by atoms with Crippen LogP contribution >= 0.6 is 11.8 Å². The standard InChI is InChI=1S/C15H22N2O2S/c1-19-9-8-17(13-7-10-20-11-13)15(18)14(16)12-5-3-2-4-6-12/h2-6,13-14H,7-11,16H2,1H3/t13?,14-/m1/s1. The molecule has 0 radical (unpaired) electrons. The van der Waals surface area contributed by atoms with Crippen molar-refractivity contribution in [3.05, 3.63) is 35.9 Å². The highest BCUT2D eigenvalue weighted by Crippen LogP contribution is 2.24. The number of methoxy groups -OCH3 is 1. The van der Waals surface area contributed by atoms with Gasteiger partial charge in [-0.05, 0) is 17.7 Å². The lowest BCUT2D eigenvalue weighted by atomic mass is 10.1. The third-order valence-corrected chi connectivity index (χ3v) is 4.74. The Morgan fingerprint density at radius 1 is 1.50 bits per heavy atom. The first-order valence-electron chi connectivity index (χ1n) is 6.91. The first kappa shape index (κ1) is 15.4. The molecule has 2 atom stereocenters. The molecular formula is C15H22N2O2S. The highest BCUT2D eigenvalue weighted by molar-refractivity contribution is 7.99. The molecule has 1 amide bonds. The normalized spacial score (nSPS) is 19.8. The fraction of sp³-hybridized carbons (Fsp3) is 0.533. The van der Waals surface area contributed by atoms with Crippen molar-refractivity contribution in [3.8, 4) is 0 Å². The van der Waals surface area contributed by atoms with Gasteiger partial charge in [0.25, 0.3) is 0 Å². The highest BCUT2D eigenvalue weighted by atomic mass is 32.2. The zero-order chi connectivity index (χ0) is 14.4. The molecule has 2 rings (SSSR count). The number of benzene rings is 1. The largest absolute Gasteiger partial charge is 0.383 e. The van der Waals surface area contributed by atoms with E-state index in [0.29, 0.717) is 13.2 Å².